The Morgan fingerprint density at radius 2 is 2.09 bits per heavy atom. The second-order valence-electron chi connectivity index (χ2n) is 6.58. The summed E-state index contributed by atoms with van der Waals surface area (Å²) in [5.41, 5.74) is 0. The fourth-order valence-electron chi connectivity index (χ4n) is 3.21. The number of morpholine rings is 1. The van der Waals surface area contributed by atoms with E-state index >= 15 is 0 Å². The standard InChI is InChI=1S/C16H26N4O3/c1-12(2)16-17-15(18-23-16)13-4-3-6-19(13)7-5-14(21)20-8-10-22-11-9-20/h12-13H,3-11H2,1-2H3/t13-/m0/s1. The number of rotatable bonds is 5. The molecule has 0 N–H and O–H groups in total. The number of ether oxygens (including phenoxy) is 1. The molecule has 128 valence electrons. The minimum absolute atomic E-state index is 0.184. The smallest absolute Gasteiger partial charge is 0.229 e. The molecule has 2 saturated heterocycles. The summed E-state index contributed by atoms with van der Waals surface area (Å²) < 4.78 is 10.6. The zero-order valence-electron chi connectivity index (χ0n) is 14.0. The first-order chi connectivity index (χ1) is 11.1. The molecule has 2 fully saturated rings. The molecule has 1 aromatic heterocycles. The van der Waals surface area contributed by atoms with Crippen LogP contribution in [-0.2, 0) is 9.53 Å². The average molecular weight is 322 g/mol. The second kappa shape index (κ2) is 7.40. The Hall–Kier alpha value is -1.47. The van der Waals surface area contributed by atoms with Gasteiger partial charge in [-0.25, -0.2) is 0 Å². The van der Waals surface area contributed by atoms with Crippen molar-refractivity contribution in [2.45, 2.75) is 45.1 Å². The van der Waals surface area contributed by atoms with Crippen molar-refractivity contribution in [3.63, 3.8) is 0 Å². The monoisotopic (exact) mass is 322 g/mol. The van der Waals surface area contributed by atoms with E-state index in [-0.39, 0.29) is 17.9 Å². The van der Waals surface area contributed by atoms with E-state index in [0.717, 1.165) is 31.8 Å². The lowest BCUT2D eigenvalue weighted by molar-refractivity contribution is -0.135. The van der Waals surface area contributed by atoms with Gasteiger partial charge < -0.3 is 14.2 Å². The molecule has 0 saturated carbocycles. The first kappa shape index (κ1) is 16.4. The van der Waals surface area contributed by atoms with Crippen LogP contribution in [0.15, 0.2) is 4.52 Å². The molecule has 0 bridgehead atoms. The van der Waals surface area contributed by atoms with Gasteiger partial charge in [-0.2, -0.15) is 4.98 Å². The highest BCUT2D eigenvalue weighted by atomic mass is 16.5. The third-order valence-corrected chi connectivity index (χ3v) is 4.59. The molecule has 3 rings (SSSR count). The molecule has 2 aliphatic heterocycles. The zero-order chi connectivity index (χ0) is 16.2. The first-order valence-corrected chi connectivity index (χ1v) is 8.58. The van der Waals surface area contributed by atoms with E-state index in [1.54, 1.807) is 0 Å². The van der Waals surface area contributed by atoms with Crippen LogP contribution in [0.1, 0.15) is 56.8 Å². The molecule has 1 aromatic rings. The SMILES string of the molecule is CC(C)c1nc([C@@H]2CCCN2CCC(=O)N2CCOCC2)no1. The molecule has 2 aliphatic rings. The maximum absolute atomic E-state index is 12.3. The van der Waals surface area contributed by atoms with Crippen molar-refractivity contribution in [3.8, 4) is 0 Å². The number of carbonyl (C=O) groups excluding carboxylic acids is 1. The number of nitrogens with zero attached hydrogens (tertiary/aromatic N) is 4. The van der Waals surface area contributed by atoms with Crippen LogP contribution in [0, 0.1) is 0 Å². The minimum atomic E-state index is 0.184. The third-order valence-electron chi connectivity index (χ3n) is 4.59. The fourth-order valence-corrected chi connectivity index (χ4v) is 3.21. The molecule has 7 nitrogen and oxygen atoms in total. The lowest BCUT2D eigenvalue weighted by Crippen LogP contribution is -2.42. The van der Waals surface area contributed by atoms with Crippen LogP contribution in [0.4, 0.5) is 0 Å². The molecule has 1 atom stereocenters. The average Bonchev–Trinajstić information content (AvgIpc) is 3.22. The van der Waals surface area contributed by atoms with Crippen LogP contribution in [0.2, 0.25) is 0 Å². The zero-order valence-corrected chi connectivity index (χ0v) is 14.0. The van der Waals surface area contributed by atoms with E-state index in [9.17, 15) is 4.79 Å². The maximum atomic E-state index is 12.3. The summed E-state index contributed by atoms with van der Waals surface area (Å²) in [5.74, 6) is 1.92. The van der Waals surface area contributed by atoms with Crippen LogP contribution in [0.3, 0.4) is 0 Å². The van der Waals surface area contributed by atoms with Crippen molar-refractivity contribution in [1.82, 2.24) is 19.9 Å². The lowest BCUT2D eigenvalue weighted by Gasteiger charge is -2.28. The molecule has 0 radical (unpaired) electrons. The predicted octanol–water partition coefficient (Wildman–Crippen LogP) is 1.58. The second-order valence-corrected chi connectivity index (χ2v) is 6.58. The molecule has 0 unspecified atom stereocenters. The molecule has 0 aromatic carbocycles. The van der Waals surface area contributed by atoms with Crippen molar-refractivity contribution in [1.29, 1.82) is 0 Å². The van der Waals surface area contributed by atoms with Crippen molar-refractivity contribution >= 4 is 5.91 Å². The van der Waals surface area contributed by atoms with Crippen molar-refractivity contribution in [3.05, 3.63) is 11.7 Å². The van der Waals surface area contributed by atoms with Gasteiger partial charge in [0.05, 0.1) is 19.3 Å². The highest BCUT2D eigenvalue weighted by Crippen LogP contribution is 2.30. The number of hydrogen-bond donors (Lipinski definition) is 0. The van der Waals surface area contributed by atoms with Gasteiger partial charge in [0.1, 0.15) is 0 Å². The van der Waals surface area contributed by atoms with Crippen LogP contribution in [0.5, 0.6) is 0 Å². The van der Waals surface area contributed by atoms with E-state index in [1.807, 2.05) is 18.7 Å². The van der Waals surface area contributed by atoms with Gasteiger partial charge in [-0.05, 0) is 19.4 Å². The summed E-state index contributed by atoms with van der Waals surface area (Å²) in [6.07, 6.45) is 2.69. The van der Waals surface area contributed by atoms with E-state index in [4.69, 9.17) is 9.26 Å². The number of carbonyl (C=O) groups is 1. The van der Waals surface area contributed by atoms with Gasteiger partial charge in [-0.1, -0.05) is 19.0 Å². The number of amides is 1. The van der Waals surface area contributed by atoms with E-state index in [2.05, 4.69) is 15.0 Å². The van der Waals surface area contributed by atoms with Gasteiger partial charge in [-0.15, -0.1) is 0 Å². The normalized spacial score (nSPS) is 22.9. The quantitative estimate of drug-likeness (QED) is 0.819. The summed E-state index contributed by atoms with van der Waals surface area (Å²) in [5, 5.41) is 4.15. The van der Waals surface area contributed by atoms with E-state index in [0.29, 0.717) is 38.6 Å². The van der Waals surface area contributed by atoms with Crippen LogP contribution in [-0.4, -0.2) is 65.2 Å². The third kappa shape index (κ3) is 3.90. The number of hydrogen-bond acceptors (Lipinski definition) is 6. The molecule has 0 aliphatic carbocycles. The molecule has 7 heteroatoms. The Kier molecular flexibility index (Phi) is 5.27. The van der Waals surface area contributed by atoms with Crippen molar-refractivity contribution < 1.29 is 14.1 Å². The predicted molar refractivity (Wildman–Crippen MR) is 84.0 cm³/mol. The Bertz CT molecular complexity index is 525. The van der Waals surface area contributed by atoms with E-state index < -0.39 is 0 Å². The molecule has 1 amide bonds. The molecule has 3 heterocycles. The van der Waals surface area contributed by atoms with E-state index in [1.165, 1.54) is 0 Å². The Morgan fingerprint density at radius 1 is 1.30 bits per heavy atom. The van der Waals surface area contributed by atoms with Crippen molar-refractivity contribution in [2.75, 3.05) is 39.4 Å². The highest BCUT2D eigenvalue weighted by Gasteiger charge is 2.31. The first-order valence-electron chi connectivity index (χ1n) is 8.58. The van der Waals surface area contributed by atoms with Crippen LogP contribution >= 0.6 is 0 Å². The number of aromatic nitrogens is 2. The largest absolute Gasteiger partial charge is 0.378 e. The highest BCUT2D eigenvalue weighted by molar-refractivity contribution is 5.76. The van der Waals surface area contributed by atoms with Gasteiger partial charge in [0.25, 0.3) is 0 Å². The molecule has 0 spiro atoms. The summed E-state index contributed by atoms with van der Waals surface area (Å²) in [6.45, 7) is 8.57. The minimum Gasteiger partial charge on any atom is -0.378 e. The Labute approximate surface area is 137 Å². The summed E-state index contributed by atoms with van der Waals surface area (Å²) in [4.78, 5) is 21.0. The maximum Gasteiger partial charge on any atom is 0.229 e. The summed E-state index contributed by atoms with van der Waals surface area (Å²) >= 11 is 0. The van der Waals surface area contributed by atoms with Gasteiger partial charge in [0, 0.05) is 32.0 Å². The Balaban J connectivity index is 1.55. The fraction of sp³-hybridized carbons (Fsp3) is 0.812. The van der Waals surface area contributed by atoms with Crippen LogP contribution in [0.25, 0.3) is 0 Å². The molecular formula is C16H26N4O3. The molecular weight excluding hydrogens is 296 g/mol. The Morgan fingerprint density at radius 3 is 2.78 bits per heavy atom. The molecule has 23 heavy (non-hydrogen) atoms. The number of likely N-dealkylation sites (tertiary alicyclic amines) is 1. The lowest BCUT2D eigenvalue weighted by atomic mass is 10.2. The van der Waals surface area contributed by atoms with Gasteiger partial charge in [0.2, 0.25) is 11.8 Å². The topological polar surface area (TPSA) is 71.7 Å². The van der Waals surface area contributed by atoms with Crippen molar-refractivity contribution in [2.24, 2.45) is 0 Å². The van der Waals surface area contributed by atoms with Crippen LogP contribution < -0.4 is 0 Å². The van der Waals surface area contributed by atoms with Gasteiger partial charge in [-0.3, -0.25) is 9.69 Å². The summed E-state index contributed by atoms with van der Waals surface area (Å²) in [6, 6.07) is 0.184. The van der Waals surface area contributed by atoms with Gasteiger partial charge >= 0.3 is 0 Å². The van der Waals surface area contributed by atoms with Gasteiger partial charge in [0.15, 0.2) is 5.82 Å². The summed E-state index contributed by atoms with van der Waals surface area (Å²) in [7, 11) is 0.